The van der Waals surface area contributed by atoms with Crippen molar-refractivity contribution in [3.8, 4) is 0 Å². The van der Waals surface area contributed by atoms with Gasteiger partial charge in [0.1, 0.15) is 6.61 Å². The zero-order chi connectivity index (χ0) is 15.9. The Bertz CT molecular complexity index is 459. The third-order valence-corrected chi connectivity index (χ3v) is 3.10. The minimum Gasteiger partial charge on any atom is -0.460 e. The van der Waals surface area contributed by atoms with E-state index >= 15 is 0 Å². The molecule has 0 bridgehead atoms. The van der Waals surface area contributed by atoms with Gasteiger partial charge in [0.25, 0.3) is 0 Å². The number of benzene rings is 1. The molecule has 1 rings (SSSR count). The van der Waals surface area contributed by atoms with E-state index in [-0.39, 0.29) is 12.6 Å². The van der Waals surface area contributed by atoms with Crippen LogP contribution in [0.5, 0.6) is 0 Å². The quantitative estimate of drug-likeness (QED) is 0.262. The second-order valence-electron chi connectivity index (χ2n) is 5.07. The van der Waals surface area contributed by atoms with E-state index in [0.717, 1.165) is 18.4 Å². The van der Waals surface area contributed by atoms with Crippen LogP contribution >= 0.6 is 0 Å². The lowest BCUT2D eigenvalue weighted by atomic mass is 10.1. The lowest BCUT2D eigenvalue weighted by molar-refractivity contribution is -0.139. The Morgan fingerprint density at radius 3 is 2.73 bits per heavy atom. The van der Waals surface area contributed by atoms with E-state index in [0.29, 0.717) is 13.2 Å². The molecule has 0 saturated heterocycles. The molecular formula is C19H26O3. The topological polar surface area (TPSA) is 35.5 Å². The van der Waals surface area contributed by atoms with Crippen LogP contribution in [-0.2, 0) is 20.9 Å². The maximum Gasteiger partial charge on any atom is 0.338 e. The Hall–Kier alpha value is -1.83. The summed E-state index contributed by atoms with van der Waals surface area (Å²) in [5, 5.41) is 0. The Balaban J connectivity index is 2.02. The largest absolute Gasteiger partial charge is 0.460 e. The van der Waals surface area contributed by atoms with Gasteiger partial charge in [-0.3, -0.25) is 0 Å². The number of unbranched alkanes of at least 4 members (excludes halogenated alkanes) is 4. The highest BCUT2D eigenvalue weighted by Crippen LogP contribution is 2.02. The first kappa shape index (κ1) is 18.2. The number of hydrogen-bond donors (Lipinski definition) is 0. The van der Waals surface area contributed by atoms with E-state index in [4.69, 9.17) is 9.47 Å². The monoisotopic (exact) mass is 302 g/mol. The molecule has 0 spiro atoms. The van der Waals surface area contributed by atoms with E-state index < -0.39 is 0 Å². The van der Waals surface area contributed by atoms with Gasteiger partial charge in [-0.1, -0.05) is 56.5 Å². The van der Waals surface area contributed by atoms with E-state index in [1.54, 1.807) is 0 Å². The standard InChI is InChI=1S/C19H26O3/c1-2-3-4-5-6-7-11-14-19(20)22-16-15-21-17-18-12-9-8-10-13-18/h7-10,12-14H,2-6,15-17H2,1H3. The van der Waals surface area contributed by atoms with Crippen LogP contribution in [0, 0.1) is 0 Å². The molecule has 0 aliphatic heterocycles. The van der Waals surface area contributed by atoms with Gasteiger partial charge in [-0.05, 0) is 24.5 Å². The number of carbonyl (C=O) groups excluding carboxylic acids is 1. The van der Waals surface area contributed by atoms with E-state index in [2.05, 4.69) is 12.7 Å². The molecule has 3 heteroatoms. The summed E-state index contributed by atoms with van der Waals surface area (Å²) >= 11 is 0. The van der Waals surface area contributed by atoms with Crippen LogP contribution in [0.3, 0.4) is 0 Å². The lowest BCUT2D eigenvalue weighted by Gasteiger charge is -2.04. The molecule has 0 N–H and O–H groups in total. The van der Waals surface area contributed by atoms with Gasteiger partial charge in [0, 0.05) is 0 Å². The average molecular weight is 302 g/mol. The van der Waals surface area contributed by atoms with E-state index in [1.165, 1.54) is 25.3 Å². The molecule has 0 fully saturated rings. The number of rotatable bonds is 11. The fourth-order valence-electron chi connectivity index (χ4n) is 1.89. The Morgan fingerprint density at radius 1 is 1.14 bits per heavy atom. The van der Waals surface area contributed by atoms with Gasteiger partial charge in [-0.25, -0.2) is 4.79 Å². The summed E-state index contributed by atoms with van der Waals surface area (Å²) in [5.74, 6) is -0.367. The fourth-order valence-corrected chi connectivity index (χ4v) is 1.89. The first-order valence-corrected chi connectivity index (χ1v) is 8.02. The van der Waals surface area contributed by atoms with Gasteiger partial charge in [0.15, 0.2) is 0 Å². The highest BCUT2D eigenvalue weighted by atomic mass is 16.6. The molecule has 120 valence electrons. The molecule has 0 heterocycles. The molecule has 0 amide bonds. The van der Waals surface area contributed by atoms with Crippen molar-refractivity contribution < 1.29 is 14.3 Å². The normalized spacial score (nSPS) is 9.86. The van der Waals surface area contributed by atoms with Crippen LogP contribution in [-0.4, -0.2) is 19.2 Å². The first-order valence-electron chi connectivity index (χ1n) is 8.02. The summed E-state index contributed by atoms with van der Waals surface area (Å²) in [7, 11) is 0. The number of esters is 1. The molecule has 1 aromatic rings. The minimum atomic E-state index is -0.367. The molecule has 0 aromatic heterocycles. The Kier molecular flexibility index (Phi) is 10.7. The predicted molar refractivity (Wildman–Crippen MR) is 88.5 cm³/mol. The van der Waals surface area contributed by atoms with Crippen molar-refractivity contribution in [2.45, 2.75) is 45.6 Å². The maximum absolute atomic E-state index is 11.4. The first-order chi connectivity index (χ1) is 10.8. The summed E-state index contributed by atoms with van der Waals surface area (Å²) in [5.41, 5.74) is 3.97. The van der Waals surface area contributed by atoms with E-state index in [1.807, 2.05) is 36.4 Å². The summed E-state index contributed by atoms with van der Waals surface area (Å²) in [6, 6.07) is 9.91. The van der Waals surface area contributed by atoms with Gasteiger partial charge < -0.3 is 9.47 Å². The zero-order valence-corrected chi connectivity index (χ0v) is 13.4. The van der Waals surface area contributed by atoms with Crippen LogP contribution in [0.15, 0.2) is 48.2 Å². The summed E-state index contributed by atoms with van der Waals surface area (Å²) in [6.45, 7) is 3.39. The number of ether oxygens (including phenoxy) is 2. The Labute approximate surface area is 133 Å². The smallest absolute Gasteiger partial charge is 0.338 e. The van der Waals surface area contributed by atoms with Gasteiger partial charge in [0.05, 0.1) is 19.3 Å². The van der Waals surface area contributed by atoms with Crippen molar-refractivity contribution in [1.82, 2.24) is 0 Å². The summed E-state index contributed by atoms with van der Waals surface area (Å²) < 4.78 is 10.5. The van der Waals surface area contributed by atoms with Crippen LogP contribution in [0.25, 0.3) is 0 Å². The SMILES string of the molecule is CCCCCCC=C=CC(=O)OCCOCc1ccccc1. The van der Waals surface area contributed by atoms with Gasteiger partial charge in [0.2, 0.25) is 0 Å². The minimum absolute atomic E-state index is 0.264. The van der Waals surface area contributed by atoms with Crippen LogP contribution in [0.2, 0.25) is 0 Å². The molecular weight excluding hydrogens is 276 g/mol. The van der Waals surface area contributed by atoms with E-state index in [9.17, 15) is 4.79 Å². The second kappa shape index (κ2) is 12.9. The Morgan fingerprint density at radius 2 is 1.95 bits per heavy atom. The van der Waals surface area contributed by atoms with Crippen LogP contribution in [0.1, 0.15) is 44.6 Å². The number of hydrogen-bond acceptors (Lipinski definition) is 3. The van der Waals surface area contributed by atoms with Gasteiger partial charge >= 0.3 is 5.97 Å². The average Bonchev–Trinajstić information content (AvgIpc) is 2.54. The highest BCUT2D eigenvalue weighted by Gasteiger charge is 1.96. The molecule has 1 aromatic carbocycles. The van der Waals surface area contributed by atoms with Gasteiger partial charge in [-0.15, -0.1) is 5.73 Å². The van der Waals surface area contributed by atoms with Crippen LogP contribution in [0.4, 0.5) is 0 Å². The van der Waals surface area contributed by atoms with Crippen molar-refractivity contribution in [2.75, 3.05) is 13.2 Å². The molecule has 0 aliphatic rings. The van der Waals surface area contributed by atoms with Crippen molar-refractivity contribution in [2.24, 2.45) is 0 Å². The van der Waals surface area contributed by atoms with Crippen molar-refractivity contribution in [3.05, 3.63) is 53.8 Å². The summed E-state index contributed by atoms with van der Waals surface area (Å²) in [4.78, 5) is 11.4. The molecule has 22 heavy (non-hydrogen) atoms. The highest BCUT2D eigenvalue weighted by molar-refractivity contribution is 5.81. The molecule has 0 unspecified atom stereocenters. The predicted octanol–water partition coefficient (Wildman–Crippen LogP) is 4.43. The third kappa shape index (κ3) is 9.98. The fraction of sp³-hybridized carbons (Fsp3) is 0.474. The van der Waals surface area contributed by atoms with Crippen molar-refractivity contribution >= 4 is 5.97 Å². The zero-order valence-electron chi connectivity index (χ0n) is 13.4. The molecule has 0 aliphatic carbocycles. The summed E-state index contributed by atoms with van der Waals surface area (Å²) in [6.07, 6.45) is 9.08. The van der Waals surface area contributed by atoms with Crippen LogP contribution < -0.4 is 0 Å². The lowest BCUT2D eigenvalue weighted by Crippen LogP contribution is -2.08. The van der Waals surface area contributed by atoms with Gasteiger partial charge in [-0.2, -0.15) is 0 Å². The third-order valence-electron chi connectivity index (χ3n) is 3.10. The molecule has 0 radical (unpaired) electrons. The maximum atomic E-state index is 11.4. The molecule has 0 saturated carbocycles. The molecule has 0 atom stereocenters. The van der Waals surface area contributed by atoms with Crippen molar-refractivity contribution in [3.63, 3.8) is 0 Å². The molecule has 3 nitrogen and oxygen atoms in total. The second-order valence-corrected chi connectivity index (χ2v) is 5.07. The van der Waals surface area contributed by atoms with Crippen molar-refractivity contribution in [1.29, 1.82) is 0 Å². The number of carbonyl (C=O) groups is 1.